The van der Waals surface area contributed by atoms with Gasteiger partial charge in [-0.3, -0.25) is 4.79 Å². The van der Waals surface area contributed by atoms with E-state index in [0.29, 0.717) is 6.54 Å². The van der Waals surface area contributed by atoms with E-state index in [4.69, 9.17) is 0 Å². The molecule has 1 aromatic carbocycles. The zero-order valence-corrected chi connectivity index (χ0v) is 12.9. The molecule has 4 nitrogen and oxygen atoms in total. The zero-order chi connectivity index (χ0) is 14.9. The van der Waals surface area contributed by atoms with Crippen molar-refractivity contribution >= 4 is 17.3 Å². The molecule has 0 saturated heterocycles. The molecule has 114 valence electrons. The van der Waals surface area contributed by atoms with E-state index >= 15 is 0 Å². The Kier molecular flexibility index (Phi) is 3.79. The summed E-state index contributed by atoms with van der Waals surface area (Å²) in [5.74, 6) is 0.108. The second-order valence-electron chi connectivity index (χ2n) is 6.92. The molecule has 1 aliphatic heterocycles. The van der Waals surface area contributed by atoms with Crippen LogP contribution in [0.4, 0.5) is 11.4 Å². The Bertz CT molecular complexity index is 527. The first kappa shape index (κ1) is 14.2. The quantitative estimate of drug-likeness (QED) is 0.784. The van der Waals surface area contributed by atoms with Gasteiger partial charge in [-0.1, -0.05) is 38.8 Å². The van der Waals surface area contributed by atoms with E-state index in [-0.39, 0.29) is 23.4 Å². The average molecular weight is 287 g/mol. The smallest absolute Gasteiger partial charge is 0.244 e. The van der Waals surface area contributed by atoms with Crippen LogP contribution < -0.4 is 16.0 Å². The summed E-state index contributed by atoms with van der Waals surface area (Å²) in [6.07, 6.45) is 4.77. The lowest BCUT2D eigenvalue weighted by Gasteiger charge is -2.40. The minimum atomic E-state index is -0.197. The molecular formula is C17H25N3O. The van der Waals surface area contributed by atoms with Crippen molar-refractivity contribution in [2.75, 3.05) is 17.2 Å². The molecule has 0 radical (unpaired) electrons. The Morgan fingerprint density at radius 2 is 2.00 bits per heavy atom. The minimum absolute atomic E-state index is 0.108. The molecule has 0 bridgehead atoms. The molecule has 1 saturated carbocycles. The highest BCUT2D eigenvalue weighted by atomic mass is 16.2. The fraction of sp³-hybridized carbons (Fsp3) is 0.588. The summed E-state index contributed by atoms with van der Waals surface area (Å²) < 4.78 is 0. The van der Waals surface area contributed by atoms with Crippen molar-refractivity contribution in [1.29, 1.82) is 0 Å². The van der Waals surface area contributed by atoms with Crippen LogP contribution in [0.3, 0.4) is 0 Å². The summed E-state index contributed by atoms with van der Waals surface area (Å²) in [7, 11) is 0. The van der Waals surface area contributed by atoms with Gasteiger partial charge in [0, 0.05) is 12.6 Å². The van der Waals surface area contributed by atoms with Crippen molar-refractivity contribution in [3.8, 4) is 0 Å². The Morgan fingerprint density at radius 3 is 2.76 bits per heavy atom. The maximum atomic E-state index is 12.6. The number of rotatable bonds is 2. The van der Waals surface area contributed by atoms with Crippen LogP contribution in [0, 0.1) is 5.41 Å². The normalized spacial score (nSPS) is 27.0. The first-order valence-electron chi connectivity index (χ1n) is 7.96. The van der Waals surface area contributed by atoms with E-state index in [1.165, 1.54) is 19.3 Å². The maximum Gasteiger partial charge on any atom is 0.244 e. The Labute approximate surface area is 126 Å². The molecular weight excluding hydrogens is 262 g/mol. The Balaban J connectivity index is 1.64. The number of hydrogen-bond acceptors (Lipinski definition) is 3. The van der Waals surface area contributed by atoms with Gasteiger partial charge >= 0.3 is 0 Å². The van der Waals surface area contributed by atoms with E-state index in [9.17, 15) is 4.79 Å². The van der Waals surface area contributed by atoms with Crippen molar-refractivity contribution in [1.82, 2.24) is 5.32 Å². The van der Waals surface area contributed by atoms with Crippen LogP contribution in [-0.2, 0) is 4.79 Å². The molecule has 1 aromatic rings. The SMILES string of the molecule is CC1(C)CCCCC1NC(=O)C1CNc2ccccc2N1. The van der Waals surface area contributed by atoms with Crippen molar-refractivity contribution in [3.05, 3.63) is 24.3 Å². The molecule has 1 fully saturated rings. The number of anilines is 2. The van der Waals surface area contributed by atoms with Crippen LogP contribution in [0.25, 0.3) is 0 Å². The third-order valence-electron chi connectivity index (χ3n) is 4.89. The van der Waals surface area contributed by atoms with Crippen LogP contribution in [0.2, 0.25) is 0 Å². The second kappa shape index (κ2) is 5.58. The molecule has 4 heteroatoms. The lowest BCUT2D eigenvalue weighted by molar-refractivity contribution is -0.123. The lowest BCUT2D eigenvalue weighted by atomic mass is 9.73. The Hall–Kier alpha value is -1.71. The van der Waals surface area contributed by atoms with Gasteiger partial charge in [-0.05, 0) is 30.4 Å². The molecule has 1 heterocycles. The van der Waals surface area contributed by atoms with Gasteiger partial charge in [0.25, 0.3) is 0 Å². The average Bonchev–Trinajstić information content (AvgIpc) is 2.48. The van der Waals surface area contributed by atoms with Crippen LogP contribution in [0.5, 0.6) is 0 Å². The van der Waals surface area contributed by atoms with Crippen LogP contribution >= 0.6 is 0 Å². The number of carbonyl (C=O) groups is 1. The number of hydrogen-bond donors (Lipinski definition) is 3. The number of nitrogens with one attached hydrogen (secondary N) is 3. The molecule has 1 amide bonds. The third-order valence-corrected chi connectivity index (χ3v) is 4.89. The number of para-hydroxylation sites is 2. The zero-order valence-electron chi connectivity index (χ0n) is 12.9. The van der Waals surface area contributed by atoms with Crippen LogP contribution in [-0.4, -0.2) is 24.5 Å². The Morgan fingerprint density at radius 1 is 1.24 bits per heavy atom. The highest BCUT2D eigenvalue weighted by molar-refractivity contribution is 5.88. The fourth-order valence-corrected chi connectivity index (χ4v) is 3.41. The molecule has 1 aliphatic carbocycles. The standard InChI is InChI=1S/C17H25N3O/c1-17(2)10-6-5-9-15(17)20-16(21)14-11-18-12-7-3-4-8-13(12)19-14/h3-4,7-8,14-15,18-19H,5-6,9-11H2,1-2H3,(H,20,21). The van der Waals surface area contributed by atoms with E-state index in [1.54, 1.807) is 0 Å². The second-order valence-corrected chi connectivity index (χ2v) is 6.92. The molecule has 21 heavy (non-hydrogen) atoms. The minimum Gasteiger partial charge on any atom is -0.381 e. The maximum absolute atomic E-state index is 12.6. The lowest BCUT2D eigenvalue weighted by Crippen LogP contribution is -2.53. The summed E-state index contributed by atoms with van der Waals surface area (Å²) in [6.45, 7) is 5.16. The summed E-state index contributed by atoms with van der Waals surface area (Å²) in [6, 6.07) is 8.11. The van der Waals surface area contributed by atoms with Crippen molar-refractivity contribution in [3.63, 3.8) is 0 Å². The van der Waals surface area contributed by atoms with Crippen molar-refractivity contribution < 1.29 is 4.79 Å². The largest absolute Gasteiger partial charge is 0.381 e. The number of carbonyl (C=O) groups excluding carboxylic acids is 1. The molecule has 2 aliphatic rings. The predicted molar refractivity (Wildman–Crippen MR) is 86.5 cm³/mol. The van der Waals surface area contributed by atoms with Crippen LogP contribution in [0.15, 0.2) is 24.3 Å². The van der Waals surface area contributed by atoms with Crippen molar-refractivity contribution in [2.24, 2.45) is 5.41 Å². The first-order chi connectivity index (χ1) is 10.1. The molecule has 2 unspecified atom stereocenters. The van der Waals surface area contributed by atoms with E-state index in [2.05, 4.69) is 29.8 Å². The third kappa shape index (κ3) is 2.99. The molecule has 2 atom stereocenters. The number of fused-ring (bicyclic) bond motifs is 1. The summed E-state index contributed by atoms with van der Waals surface area (Å²) >= 11 is 0. The van der Waals surface area contributed by atoms with Gasteiger partial charge < -0.3 is 16.0 Å². The first-order valence-corrected chi connectivity index (χ1v) is 7.96. The van der Waals surface area contributed by atoms with Gasteiger partial charge in [-0.15, -0.1) is 0 Å². The monoisotopic (exact) mass is 287 g/mol. The van der Waals surface area contributed by atoms with Gasteiger partial charge in [-0.25, -0.2) is 0 Å². The van der Waals surface area contributed by atoms with Gasteiger partial charge in [-0.2, -0.15) is 0 Å². The molecule has 0 spiro atoms. The molecule has 3 rings (SSSR count). The van der Waals surface area contributed by atoms with Crippen molar-refractivity contribution in [2.45, 2.75) is 51.6 Å². The fourth-order valence-electron chi connectivity index (χ4n) is 3.41. The number of benzene rings is 1. The summed E-state index contributed by atoms with van der Waals surface area (Å²) in [4.78, 5) is 12.6. The van der Waals surface area contributed by atoms with Gasteiger partial charge in [0.05, 0.1) is 11.4 Å². The van der Waals surface area contributed by atoms with Gasteiger partial charge in [0.1, 0.15) is 6.04 Å². The molecule has 0 aromatic heterocycles. The number of amides is 1. The van der Waals surface area contributed by atoms with E-state index < -0.39 is 0 Å². The van der Waals surface area contributed by atoms with E-state index in [0.717, 1.165) is 17.8 Å². The topological polar surface area (TPSA) is 53.2 Å². The predicted octanol–water partition coefficient (Wildman–Crippen LogP) is 2.98. The van der Waals surface area contributed by atoms with Crippen LogP contribution in [0.1, 0.15) is 39.5 Å². The highest BCUT2D eigenvalue weighted by Crippen LogP contribution is 2.35. The van der Waals surface area contributed by atoms with Gasteiger partial charge in [0.2, 0.25) is 5.91 Å². The molecule has 3 N–H and O–H groups in total. The van der Waals surface area contributed by atoms with Gasteiger partial charge in [0.15, 0.2) is 0 Å². The van der Waals surface area contributed by atoms with E-state index in [1.807, 2.05) is 24.3 Å². The summed E-state index contributed by atoms with van der Waals surface area (Å²) in [5, 5.41) is 9.94. The summed E-state index contributed by atoms with van der Waals surface area (Å²) in [5.41, 5.74) is 2.28. The highest BCUT2D eigenvalue weighted by Gasteiger charge is 2.35.